The highest BCUT2D eigenvalue weighted by Gasteiger charge is 2.28. The second-order valence-corrected chi connectivity index (χ2v) is 7.54. The molecule has 1 aliphatic heterocycles. The smallest absolute Gasteiger partial charge is 0.225 e. The Hall–Kier alpha value is -1.93. The first kappa shape index (κ1) is 21.4. The van der Waals surface area contributed by atoms with E-state index in [2.05, 4.69) is 34.0 Å². The van der Waals surface area contributed by atoms with Crippen LogP contribution in [-0.4, -0.2) is 63.3 Å². The van der Waals surface area contributed by atoms with E-state index in [0.29, 0.717) is 5.92 Å². The summed E-state index contributed by atoms with van der Waals surface area (Å²) in [6, 6.07) is 4.02. The van der Waals surface area contributed by atoms with E-state index in [1.54, 1.807) is 10.8 Å². The van der Waals surface area contributed by atoms with Crippen LogP contribution in [0.4, 0.5) is 5.82 Å². The Balaban J connectivity index is 0.00000261. The molecule has 0 aromatic carbocycles. The van der Waals surface area contributed by atoms with Crippen LogP contribution in [0, 0.1) is 11.8 Å². The maximum absolute atomic E-state index is 12.7. The fraction of sp³-hybridized carbons (Fsp3) is 0.667. The molecule has 0 saturated carbocycles. The number of piperidine rings is 1. The average Bonchev–Trinajstić information content (AvgIpc) is 3.13. The summed E-state index contributed by atoms with van der Waals surface area (Å²) in [4.78, 5) is 16.8. The normalized spacial score (nSPS) is 16.4. The van der Waals surface area contributed by atoms with Crippen LogP contribution in [0.1, 0.15) is 33.1 Å². The second kappa shape index (κ2) is 9.32. The Bertz CT molecular complexity index is 742. The van der Waals surface area contributed by atoms with Crippen LogP contribution in [0.5, 0.6) is 0 Å². The van der Waals surface area contributed by atoms with Crippen molar-refractivity contribution in [2.24, 2.45) is 17.6 Å². The van der Waals surface area contributed by atoms with Crippen molar-refractivity contribution in [3.8, 4) is 0 Å². The maximum atomic E-state index is 12.7. The third-order valence-electron chi connectivity index (χ3n) is 5.35. The number of amides is 1. The van der Waals surface area contributed by atoms with Gasteiger partial charge >= 0.3 is 0 Å². The van der Waals surface area contributed by atoms with Crippen molar-refractivity contribution in [3.05, 3.63) is 18.5 Å². The SMILES string of the molecule is CC(C)C(N)CCN(C)C(=O)C1CCN(c2ccc3nncn3n2)CC1.Cl. The van der Waals surface area contributed by atoms with Gasteiger partial charge in [0.1, 0.15) is 12.1 Å². The highest BCUT2D eigenvalue weighted by Crippen LogP contribution is 2.23. The molecule has 2 aromatic heterocycles. The Kier molecular flexibility index (Phi) is 7.38. The summed E-state index contributed by atoms with van der Waals surface area (Å²) in [5.74, 6) is 1.67. The number of halogens is 1. The van der Waals surface area contributed by atoms with Crippen molar-refractivity contribution in [1.82, 2.24) is 24.7 Å². The predicted octanol–water partition coefficient (Wildman–Crippen LogP) is 1.59. The Morgan fingerprint density at radius 2 is 2.04 bits per heavy atom. The summed E-state index contributed by atoms with van der Waals surface area (Å²) >= 11 is 0. The molecule has 1 fully saturated rings. The number of fused-ring (bicyclic) bond motifs is 1. The molecule has 0 bridgehead atoms. The van der Waals surface area contributed by atoms with Gasteiger partial charge in [0.05, 0.1) is 0 Å². The summed E-state index contributed by atoms with van der Waals surface area (Å²) in [5, 5.41) is 12.4. The molecular formula is C18H30ClN7O. The lowest BCUT2D eigenvalue weighted by Gasteiger charge is -2.34. The summed E-state index contributed by atoms with van der Waals surface area (Å²) < 4.78 is 1.68. The monoisotopic (exact) mass is 395 g/mol. The topological polar surface area (TPSA) is 92.6 Å². The minimum atomic E-state index is 0. The number of carbonyl (C=O) groups excluding carboxylic acids is 1. The van der Waals surface area contributed by atoms with Crippen LogP contribution < -0.4 is 10.6 Å². The van der Waals surface area contributed by atoms with Crippen LogP contribution in [0.2, 0.25) is 0 Å². The molecule has 1 atom stereocenters. The lowest BCUT2D eigenvalue weighted by molar-refractivity contribution is -0.134. The van der Waals surface area contributed by atoms with Crippen LogP contribution in [0.15, 0.2) is 18.5 Å². The van der Waals surface area contributed by atoms with Gasteiger partial charge in [0.2, 0.25) is 5.91 Å². The summed E-state index contributed by atoms with van der Waals surface area (Å²) in [6.45, 7) is 6.62. The quantitative estimate of drug-likeness (QED) is 0.798. The standard InChI is InChI=1S/C18H29N7O.ClH/c1-13(2)15(19)8-9-23(3)18(26)14-6-10-24(11-7-14)17-5-4-16-21-20-12-25(16)22-17;/h4-5,12-15H,6-11,19H2,1-3H3;1H. The molecule has 0 radical (unpaired) electrons. The van der Waals surface area contributed by atoms with Gasteiger partial charge in [0, 0.05) is 38.6 Å². The zero-order valence-corrected chi connectivity index (χ0v) is 17.1. The second-order valence-electron chi connectivity index (χ2n) is 7.54. The van der Waals surface area contributed by atoms with Crippen LogP contribution in [0.25, 0.3) is 5.65 Å². The van der Waals surface area contributed by atoms with E-state index in [-0.39, 0.29) is 30.3 Å². The van der Waals surface area contributed by atoms with Crippen LogP contribution in [0.3, 0.4) is 0 Å². The van der Waals surface area contributed by atoms with E-state index < -0.39 is 0 Å². The Morgan fingerprint density at radius 3 is 2.70 bits per heavy atom. The van der Waals surface area contributed by atoms with E-state index in [9.17, 15) is 4.79 Å². The predicted molar refractivity (Wildman–Crippen MR) is 108 cm³/mol. The Labute approximate surface area is 166 Å². The van der Waals surface area contributed by atoms with E-state index in [4.69, 9.17) is 5.73 Å². The molecule has 8 nitrogen and oxygen atoms in total. The number of hydrogen-bond donors (Lipinski definition) is 1. The number of nitrogens with two attached hydrogens (primary N) is 1. The minimum Gasteiger partial charge on any atom is -0.355 e. The number of nitrogens with zero attached hydrogens (tertiary/aromatic N) is 6. The van der Waals surface area contributed by atoms with E-state index in [1.807, 2.05) is 24.1 Å². The lowest BCUT2D eigenvalue weighted by Crippen LogP contribution is -2.43. The molecule has 1 saturated heterocycles. The van der Waals surface area contributed by atoms with Crippen molar-refractivity contribution in [2.75, 3.05) is 31.6 Å². The summed E-state index contributed by atoms with van der Waals surface area (Å²) in [7, 11) is 1.89. The molecule has 1 aliphatic rings. The van der Waals surface area contributed by atoms with Crippen molar-refractivity contribution in [1.29, 1.82) is 0 Å². The highest BCUT2D eigenvalue weighted by molar-refractivity contribution is 5.85. The van der Waals surface area contributed by atoms with Crippen molar-refractivity contribution in [2.45, 2.75) is 39.2 Å². The highest BCUT2D eigenvalue weighted by atomic mass is 35.5. The van der Waals surface area contributed by atoms with Gasteiger partial charge in [-0.15, -0.1) is 27.7 Å². The first-order valence-electron chi connectivity index (χ1n) is 9.38. The zero-order chi connectivity index (χ0) is 18.7. The minimum absolute atomic E-state index is 0. The molecule has 1 unspecified atom stereocenters. The van der Waals surface area contributed by atoms with Gasteiger partial charge in [-0.1, -0.05) is 13.8 Å². The molecule has 150 valence electrons. The van der Waals surface area contributed by atoms with Gasteiger partial charge in [-0.05, 0) is 37.3 Å². The molecule has 3 rings (SSSR count). The van der Waals surface area contributed by atoms with Crippen LogP contribution in [-0.2, 0) is 4.79 Å². The van der Waals surface area contributed by atoms with Gasteiger partial charge in [0.15, 0.2) is 5.65 Å². The number of aromatic nitrogens is 4. The molecule has 9 heteroatoms. The van der Waals surface area contributed by atoms with Gasteiger partial charge in [0.25, 0.3) is 0 Å². The lowest BCUT2D eigenvalue weighted by atomic mass is 9.95. The van der Waals surface area contributed by atoms with Crippen molar-refractivity contribution in [3.63, 3.8) is 0 Å². The molecule has 0 spiro atoms. The fourth-order valence-electron chi connectivity index (χ4n) is 3.34. The molecule has 2 aromatic rings. The number of anilines is 1. The molecule has 2 N–H and O–H groups in total. The third kappa shape index (κ3) is 5.07. The van der Waals surface area contributed by atoms with Crippen molar-refractivity contribution >= 4 is 29.8 Å². The third-order valence-corrected chi connectivity index (χ3v) is 5.35. The van der Waals surface area contributed by atoms with E-state index in [0.717, 1.165) is 50.4 Å². The largest absolute Gasteiger partial charge is 0.355 e. The first-order valence-corrected chi connectivity index (χ1v) is 9.38. The molecule has 1 amide bonds. The van der Waals surface area contributed by atoms with Crippen LogP contribution >= 0.6 is 12.4 Å². The zero-order valence-electron chi connectivity index (χ0n) is 16.3. The first-order chi connectivity index (χ1) is 12.5. The Morgan fingerprint density at radius 1 is 1.33 bits per heavy atom. The molecule has 0 aliphatic carbocycles. The number of rotatable bonds is 6. The van der Waals surface area contributed by atoms with Crippen molar-refractivity contribution < 1.29 is 4.79 Å². The molecule has 3 heterocycles. The van der Waals surface area contributed by atoms with Gasteiger partial charge < -0.3 is 15.5 Å². The average molecular weight is 396 g/mol. The van der Waals surface area contributed by atoms with E-state index >= 15 is 0 Å². The number of carbonyl (C=O) groups is 1. The summed E-state index contributed by atoms with van der Waals surface area (Å²) in [5.41, 5.74) is 6.83. The van der Waals surface area contributed by atoms with E-state index in [1.165, 1.54) is 0 Å². The number of hydrogen-bond acceptors (Lipinski definition) is 6. The molecular weight excluding hydrogens is 366 g/mol. The molecule has 27 heavy (non-hydrogen) atoms. The van der Waals surface area contributed by atoms with Gasteiger partial charge in [-0.2, -0.15) is 4.52 Å². The maximum Gasteiger partial charge on any atom is 0.225 e. The summed E-state index contributed by atoms with van der Waals surface area (Å²) in [6.07, 6.45) is 4.15. The van der Waals surface area contributed by atoms with Gasteiger partial charge in [-0.3, -0.25) is 4.79 Å². The fourth-order valence-corrected chi connectivity index (χ4v) is 3.34. The van der Waals surface area contributed by atoms with Gasteiger partial charge in [-0.25, -0.2) is 0 Å².